The molecule has 3 heterocycles. The fraction of sp³-hybridized carbons (Fsp3) is 0.419. The molecule has 10 nitrogen and oxygen atoms in total. The quantitative estimate of drug-likeness (QED) is 0.341. The molecule has 1 atom stereocenters. The molecule has 3 aliphatic rings. The number of rotatable bonds is 8. The van der Waals surface area contributed by atoms with Gasteiger partial charge in [0, 0.05) is 55.9 Å². The Labute approximate surface area is 254 Å². The Hall–Kier alpha value is -3.65. The Morgan fingerprint density at radius 1 is 1.05 bits per heavy atom. The highest BCUT2D eigenvalue weighted by Crippen LogP contribution is 2.30. The van der Waals surface area contributed by atoms with Gasteiger partial charge in [-0.25, -0.2) is 17.2 Å². The maximum atomic E-state index is 13.8. The largest absolute Gasteiger partial charge is 0.385 e. The van der Waals surface area contributed by atoms with Gasteiger partial charge in [-0.15, -0.1) is 0 Å². The van der Waals surface area contributed by atoms with Crippen LogP contribution in [-0.4, -0.2) is 81.0 Å². The van der Waals surface area contributed by atoms with E-state index in [1.54, 1.807) is 6.08 Å². The van der Waals surface area contributed by atoms with E-state index < -0.39 is 32.3 Å². The number of hydrogen-bond acceptors (Lipinski definition) is 8. The van der Waals surface area contributed by atoms with E-state index in [9.17, 15) is 22.0 Å². The van der Waals surface area contributed by atoms with Crippen LogP contribution < -0.4 is 10.6 Å². The van der Waals surface area contributed by atoms with Crippen molar-refractivity contribution in [1.29, 1.82) is 0 Å². The van der Waals surface area contributed by atoms with Crippen molar-refractivity contribution in [1.82, 2.24) is 20.4 Å². The van der Waals surface area contributed by atoms with Gasteiger partial charge in [-0.05, 0) is 69.1 Å². The van der Waals surface area contributed by atoms with Crippen LogP contribution >= 0.6 is 0 Å². The summed E-state index contributed by atoms with van der Waals surface area (Å²) in [5.74, 6) is -2.29. The summed E-state index contributed by atoms with van der Waals surface area (Å²) in [5, 5.41) is 13.7. The SMILES string of the molecule is CN1CCC(OC2C=CC(C(=O)Nc3n[nH]c4ccc(S(=O)(=O)c5cc(F)cc(F)c5)cc34)=C(NC3CCOCC3)C2)CC1. The molecule has 6 rings (SSSR count). The molecule has 3 aromatic rings. The molecule has 1 aromatic heterocycles. The van der Waals surface area contributed by atoms with Crippen LogP contribution in [-0.2, 0) is 24.1 Å². The van der Waals surface area contributed by atoms with Crippen molar-refractivity contribution >= 4 is 32.5 Å². The smallest absolute Gasteiger partial charge is 0.258 e. The lowest BCUT2D eigenvalue weighted by Gasteiger charge is -2.33. The van der Waals surface area contributed by atoms with Gasteiger partial charge >= 0.3 is 0 Å². The summed E-state index contributed by atoms with van der Waals surface area (Å²) in [6.45, 7) is 3.25. The van der Waals surface area contributed by atoms with Crippen LogP contribution in [0.1, 0.15) is 32.1 Å². The number of amides is 1. The standard InChI is InChI=1S/C31H35F2N5O5S/c1-38-10-6-22(7-11-38)43-23-2-4-26(29(17-23)34-21-8-12-42-13-9-21)31(39)35-30-27-18-24(3-5-28(27)36-37-30)44(40,41)25-15-19(32)14-20(33)16-25/h2-5,14-16,18,21-23,34H,6-13,17H2,1H3,(H2,35,36,37,39). The van der Waals surface area contributed by atoms with Gasteiger partial charge in [0.15, 0.2) is 5.82 Å². The van der Waals surface area contributed by atoms with Crippen molar-refractivity contribution in [2.24, 2.45) is 0 Å². The first kappa shape index (κ1) is 30.4. The van der Waals surface area contributed by atoms with Crippen molar-refractivity contribution in [2.75, 3.05) is 38.7 Å². The van der Waals surface area contributed by atoms with Gasteiger partial charge in [0.1, 0.15) is 11.6 Å². The maximum Gasteiger partial charge on any atom is 0.258 e. The predicted octanol–water partition coefficient (Wildman–Crippen LogP) is 4.07. The highest BCUT2D eigenvalue weighted by Gasteiger charge is 2.28. The summed E-state index contributed by atoms with van der Waals surface area (Å²) in [7, 11) is -2.15. The zero-order valence-corrected chi connectivity index (χ0v) is 25.1. The van der Waals surface area contributed by atoms with Crippen LogP contribution in [0.5, 0.6) is 0 Å². The van der Waals surface area contributed by atoms with Crippen molar-refractivity contribution in [3.8, 4) is 0 Å². The second kappa shape index (κ2) is 12.8. The summed E-state index contributed by atoms with van der Waals surface area (Å²) in [4.78, 5) is 15.3. The first-order valence-corrected chi connectivity index (χ1v) is 16.2. The molecule has 1 aliphatic carbocycles. The number of nitrogens with one attached hydrogen (secondary N) is 3. The van der Waals surface area contributed by atoms with E-state index >= 15 is 0 Å². The second-order valence-corrected chi connectivity index (χ2v) is 13.5. The molecule has 2 fully saturated rings. The highest BCUT2D eigenvalue weighted by molar-refractivity contribution is 7.91. The van der Waals surface area contributed by atoms with E-state index in [1.807, 2.05) is 6.08 Å². The number of aromatic amines is 1. The number of anilines is 1. The number of aromatic nitrogens is 2. The Morgan fingerprint density at radius 2 is 1.77 bits per heavy atom. The summed E-state index contributed by atoms with van der Waals surface area (Å²) < 4.78 is 65.9. The third-order valence-electron chi connectivity index (χ3n) is 8.31. The van der Waals surface area contributed by atoms with Crippen LogP contribution in [0.3, 0.4) is 0 Å². The summed E-state index contributed by atoms with van der Waals surface area (Å²) >= 11 is 0. The molecule has 1 unspecified atom stereocenters. The fourth-order valence-corrected chi connectivity index (χ4v) is 7.16. The number of nitrogens with zero attached hydrogens (tertiary/aromatic N) is 2. The van der Waals surface area contributed by atoms with Crippen molar-refractivity contribution in [3.05, 3.63) is 71.5 Å². The number of likely N-dealkylation sites (tertiary alicyclic amines) is 1. The Kier molecular flexibility index (Phi) is 8.81. The molecule has 2 aromatic carbocycles. The molecule has 3 N–H and O–H groups in total. The molecule has 0 spiro atoms. The number of halogens is 2. The number of carbonyl (C=O) groups excluding carboxylic acids is 1. The van der Waals surface area contributed by atoms with Crippen molar-refractivity contribution in [3.63, 3.8) is 0 Å². The molecule has 13 heteroatoms. The van der Waals surface area contributed by atoms with E-state index in [4.69, 9.17) is 9.47 Å². The second-order valence-electron chi connectivity index (χ2n) is 11.5. The van der Waals surface area contributed by atoms with Gasteiger partial charge in [0.2, 0.25) is 9.84 Å². The summed E-state index contributed by atoms with van der Waals surface area (Å²) in [5.41, 5.74) is 1.69. The number of hydrogen-bond donors (Lipinski definition) is 3. The van der Waals surface area contributed by atoms with E-state index in [0.29, 0.717) is 42.2 Å². The van der Waals surface area contributed by atoms with Crippen LogP contribution in [0.4, 0.5) is 14.6 Å². The molecule has 0 saturated carbocycles. The van der Waals surface area contributed by atoms with Crippen LogP contribution in [0.15, 0.2) is 69.6 Å². The van der Waals surface area contributed by atoms with Crippen molar-refractivity contribution < 1.29 is 31.5 Å². The maximum absolute atomic E-state index is 13.8. The monoisotopic (exact) mass is 627 g/mol. The normalized spacial score (nSPS) is 20.8. The lowest BCUT2D eigenvalue weighted by molar-refractivity contribution is -0.112. The minimum absolute atomic E-state index is 0.128. The average molecular weight is 628 g/mol. The molecule has 2 saturated heterocycles. The van der Waals surface area contributed by atoms with Crippen molar-refractivity contribution in [2.45, 2.75) is 60.1 Å². The highest BCUT2D eigenvalue weighted by atomic mass is 32.2. The fourth-order valence-electron chi connectivity index (χ4n) is 5.83. The number of benzene rings is 2. The molecule has 0 radical (unpaired) electrons. The summed E-state index contributed by atoms with van der Waals surface area (Å²) in [6.07, 6.45) is 7.73. The van der Waals surface area contributed by atoms with Crippen LogP contribution in [0.25, 0.3) is 10.9 Å². The molecule has 2 aliphatic heterocycles. The van der Waals surface area contributed by atoms with Gasteiger partial charge < -0.3 is 25.0 Å². The van der Waals surface area contributed by atoms with Gasteiger partial charge in [-0.1, -0.05) is 6.08 Å². The van der Waals surface area contributed by atoms with E-state index in [2.05, 4.69) is 32.8 Å². The van der Waals surface area contributed by atoms with Gasteiger partial charge in [-0.3, -0.25) is 9.89 Å². The molecular weight excluding hydrogens is 592 g/mol. The number of H-pyrrole nitrogens is 1. The summed E-state index contributed by atoms with van der Waals surface area (Å²) in [6, 6.07) is 6.42. The average Bonchev–Trinajstić information content (AvgIpc) is 3.40. The molecule has 1 amide bonds. The molecule has 234 valence electrons. The first-order chi connectivity index (χ1) is 21.2. The van der Waals surface area contributed by atoms with E-state index in [1.165, 1.54) is 18.2 Å². The number of ether oxygens (including phenoxy) is 2. The van der Waals surface area contributed by atoms with Gasteiger partial charge in [-0.2, -0.15) is 5.10 Å². The molecule has 0 bridgehead atoms. The number of fused-ring (bicyclic) bond motifs is 1. The predicted molar refractivity (Wildman–Crippen MR) is 160 cm³/mol. The zero-order valence-electron chi connectivity index (χ0n) is 24.3. The first-order valence-electron chi connectivity index (χ1n) is 14.8. The van der Waals surface area contributed by atoms with Gasteiger partial charge in [0.05, 0.1) is 33.1 Å². The van der Waals surface area contributed by atoms with E-state index in [-0.39, 0.29) is 29.0 Å². The third-order valence-corrected chi connectivity index (χ3v) is 10.0. The Morgan fingerprint density at radius 3 is 2.50 bits per heavy atom. The number of carbonyl (C=O) groups is 1. The number of piperidine rings is 1. The minimum Gasteiger partial charge on any atom is -0.385 e. The molecular formula is C31H35F2N5O5S. The Bertz CT molecular complexity index is 1690. The van der Waals surface area contributed by atoms with E-state index in [0.717, 1.165) is 56.6 Å². The van der Waals surface area contributed by atoms with Gasteiger partial charge in [0.25, 0.3) is 5.91 Å². The van der Waals surface area contributed by atoms with Crippen LogP contribution in [0, 0.1) is 11.6 Å². The number of sulfone groups is 1. The van der Waals surface area contributed by atoms with Crippen LogP contribution in [0.2, 0.25) is 0 Å². The minimum atomic E-state index is -4.26. The lowest BCUT2D eigenvalue weighted by Crippen LogP contribution is -2.39. The zero-order chi connectivity index (χ0) is 30.8. The molecule has 44 heavy (non-hydrogen) atoms. The lowest BCUT2D eigenvalue weighted by atomic mass is 9.97. The third kappa shape index (κ3) is 6.70. The topological polar surface area (TPSA) is 126 Å². The Balaban J connectivity index is 1.24.